The summed E-state index contributed by atoms with van der Waals surface area (Å²) in [7, 11) is -4.44. The number of aliphatic hydroxyl groups excluding tert-OH is 2. The molecule has 0 aliphatic heterocycles. The standard InChI is InChI=1S/C47H91NO6S/c1-3-5-7-9-11-13-15-17-19-21-23-24-26-27-29-31-33-35-37-39-41-45(49)44(43-55(52,53)54)48-47(51)46(50)42-40-38-36-34-32-30-28-25-22-20-18-16-14-12-10-8-6-4-2/h22,25,39,41,44-46,49-50H,3-21,23-24,26-38,40,42-43H2,1-2H3,(H,48,51)(H,52,53,54)/b25-22-,41-39+. The Morgan fingerprint density at radius 2 is 0.800 bits per heavy atom. The first-order valence-electron chi connectivity index (χ1n) is 23.6. The first kappa shape index (κ1) is 53.8. The van der Waals surface area contributed by atoms with Crippen LogP contribution in [0.4, 0.5) is 0 Å². The van der Waals surface area contributed by atoms with Gasteiger partial charge in [0.2, 0.25) is 5.91 Å². The van der Waals surface area contributed by atoms with E-state index in [4.69, 9.17) is 0 Å². The minimum atomic E-state index is -4.44. The molecule has 55 heavy (non-hydrogen) atoms. The average Bonchev–Trinajstić information content (AvgIpc) is 3.15. The maximum atomic E-state index is 12.6. The normalized spacial score (nSPS) is 13.9. The van der Waals surface area contributed by atoms with Crippen molar-refractivity contribution >= 4 is 16.0 Å². The molecular formula is C47H91NO6S. The van der Waals surface area contributed by atoms with Crippen LogP contribution in [0.15, 0.2) is 24.3 Å². The molecule has 0 bridgehead atoms. The molecule has 7 nitrogen and oxygen atoms in total. The molecule has 0 rings (SSSR count). The van der Waals surface area contributed by atoms with Gasteiger partial charge in [0.1, 0.15) is 6.10 Å². The summed E-state index contributed by atoms with van der Waals surface area (Å²) in [5, 5.41) is 23.5. The van der Waals surface area contributed by atoms with Gasteiger partial charge in [-0.25, -0.2) is 0 Å². The summed E-state index contributed by atoms with van der Waals surface area (Å²) in [4.78, 5) is 12.6. The number of amides is 1. The van der Waals surface area contributed by atoms with Gasteiger partial charge in [-0.3, -0.25) is 9.35 Å². The van der Waals surface area contributed by atoms with Crippen molar-refractivity contribution in [1.82, 2.24) is 5.32 Å². The summed E-state index contributed by atoms with van der Waals surface area (Å²) in [6.07, 6.45) is 49.5. The van der Waals surface area contributed by atoms with Crippen molar-refractivity contribution in [1.29, 1.82) is 0 Å². The van der Waals surface area contributed by atoms with Gasteiger partial charge in [-0.1, -0.05) is 224 Å². The van der Waals surface area contributed by atoms with Crippen LogP contribution in [0.3, 0.4) is 0 Å². The molecule has 0 aliphatic rings. The molecule has 0 fully saturated rings. The molecule has 326 valence electrons. The zero-order chi connectivity index (χ0) is 40.5. The summed E-state index contributed by atoms with van der Waals surface area (Å²) in [5.74, 6) is -1.53. The van der Waals surface area contributed by atoms with Crippen LogP contribution in [0.5, 0.6) is 0 Å². The molecule has 3 atom stereocenters. The largest absolute Gasteiger partial charge is 0.387 e. The lowest BCUT2D eigenvalue weighted by atomic mass is 10.0. The van der Waals surface area contributed by atoms with Crippen molar-refractivity contribution in [2.75, 3.05) is 5.75 Å². The minimum absolute atomic E-state index is 0.275. The number of carbonyl (C=O) groups is 1. The average molecular weight is 798 g/mol. The number of unbranched alkanes of at least 4 members (excludes halogenated alkanes) is 32. The maximum absolute atomic E-state index is 12.6. The predicted molar refractivity (Wildman–Crippen MR) is 236 cm³/mol. The van der Waals surface area contributed by atoms with E-state index < -0.39 is 40.0 Å². The zero-order valence-corrected chi connectivity index (χ0v) is 37.0. The van der Waals surface area contributed by atoms with E-state index in [1.54, 1.807) is 0 Å². The van der Waals surface area contributed by atoms with Crippen LogP contribution < -0.4 is 5.32 Å². The third-order valence-electron chi connectivity index (χ3n) is 11.0. The quantitative estimate of drug-likeness (QED) is 0.0277. The third kappa shape index (κ3) is 40.8. The highest BCUT2D eigenvalue weighted by molar-refractivity contribution is 7.85. The van der Waals surface area contributed by atoms with E-state index in [0.29, 0.717) is 6.42 Å². The number of rotatable bonds is 43. The maximum Gasteiger partial charge on any atom is 0.267 e. The molecule has 0 aliphatic carbocycles. The number of hydrogen-bond donors (Lipinski definition) is 4. The highest BCUT2D eigenvalue weighted by Crippen LogP contribution is 2.16. The summed E-state index contributed by atoms with van der Waals surface area (Å²) < 4.78 is 32.6. The van der Waals surface area contributed by atoms with Crippen LogP contribution in [0.2, 0.25) is 0 Å². The molecule has 0 spiro atoms. The third-order valence-corrected chi connectivity index (χ3v) is 11.8. The second kappa shape index (κ2) is 41.0. The fraction of sp³-hybridized carbons (Fsp3) is 0.894. The van der Waals surface area contributed by atoms with Gasteiger partial charge < -0.3 is 15.5 Å². The number of carbonyl (C=O) groups excluding carboxylic acids is 1. The zero-order valence-electron chi connectivity index (χ0n) is 36.2. The Bertz CT molecular complexity index is 984. The first-order chi connectivity index (χ1) is 26.7. The van der Waals surface area contributed by atoms with E-state index in [9.17, 15) is 28.0 Å². The van der Waals surface area contributed by atoms with Crippen LogP contribution in [0, 0.1) is 0 Å². The summed E-state index contributed by atoms with van der Waals surface area (Å²) >= 11 is 0. The second-order valence-electron chi connectivity index (χ2n) is 16.5. The van der Waals surface area contributed by atoms with Gasteiger partial charge in [-0.2, -0.15) is 8.42 Å². The van der Waals surface area contributed by atoms with Gasteiger partial charge in [-0.15, -0.1) is 0 Å². The van der Waals surface area contributed by atoms with Gasteiger partial charge in [0.25, 0.3) is 10.1 Å². The smallest absolute Gasteiger partial charge is 0.267 e. The highest BCUT2D eigenvalue weighted by Gasteiger charge is 2.27. The lowest BCUT2D eigenvalue weighted by Gasteiger charge is -2.22. The molecule has 3 unspecified atom stereocenters. The SMILES string of the molecule is CCCCCCCCCC/C=C\CCCCCCCCC(O)C(=O)NC(CS(=O)(=O)O)C(O)/C=C/CCCCCCCCCCCCCCCCCCCC. The van der Waals surface area contributed by atoms with Crippen LogP contribution >= 0.6 is 0 Å². The van der Waals surface area contributed by atoms with Gasteiger partial charge in [0, 0.05) is 0 Å². The van der Waals surface area contributed by atoms with Crippen molar-refractivity contribution < 1.29 is 28.0 Å². The fourth-order valence-corrected chi connectivity index (χ4v) is 8.07. The highest BCUT2D eigenvalue weighted by atomic mass is 32.2. The minimum Gasteiger partial charge on any atom is -0.387 e. The number of aliphatic hydroxyl groups is 2. The van der Waals surface area contributed by atoms with E-state index in [0.717, 1.165) is 44.9 Å². The summed E-state index contributed by atoms with van der Waals surface area (Å²) in [5.41, 5.74) is 0. The Kier molecular flexibility index (Phi) is 40.0. The molecule has 0 saturated heterocycles. The number of nitrogens with one attached hydrogen (secondary N) is 1. The molecule has 1 amide bonds. The Labute approximate surface area is 341 Å². The Morgan fingerprint density at radius 3 is 1.15 bits per heavy atom. The van der Waals surface area contributed by atoms with Gasteiger partial charge in [0.15, 0.2) is 0 Å². The molecular weight excluding hydrogens is 707 g/mol. The molecule has 8 heteroatoms. The molecule has 0 aromatic rings. The lowest BCUT2D eigenvalue weighted by molar-refractivity contribution is -0.130. The number of allylic oxidation sites excluding steroid dienone is 3. The molecule has 0 saturated carbocycles. The van der Waals surface area contributed by atoms with E-state index in [1.165, 1.54) is 179 Å². The van der Waals surface area contributed by atoms with Crippen molar-refractivity contribution in [2.45, 2.75) is 263 Å². The van der Waals surface area contributed by atoms with Crippen LogP contribution in [0.1, 0.15) is 245 Å². The summed E-state index contributed by atoms with van der Waals surface area (Å²) in [6.45, 7) is 4.53. The summed E-state index contributed by atoms with van der Waals surface area (Å²) in [6, 6.07) is -1.23. The first-order valence-corrected chi connectivity index (χ1v) is 25.3. The predicted octanol–water partition coefficient (Wildman–Crippen LogP) is 13.3. The topological polar surface area (TPSA) is 124 Å². The van der Waals surface area contributed by atoms with Crippen molar-refractivity contribution in [3.8, 4) is 0 Å². The van der Waals surface area contributed by atoms with E-state index in [2.05, 4.69) is 31.3 Å². The molecule has 0 radical (unpaired) electrons. The van der Waals surface area contributed by atoms with Gasteiger partial charge in [-0.05, 0) is 44.9 Å². The van der Waals surface area contributed by atoms with Gasteiger partial charge in [0.05, 0.1) is 17.9 Å². The van der Waals surface area contributed by atoms with E-state index >= 15 is 0 Å². The Morgan fingerprint density at radius 1 is 0.491 bits per heavy atom. The van der Waals surface area contributed by atoms with Crippen molar-refractivity contribution in [3.05, 3.63) is 24.3 Å². The monoisotopic (exact) mass is 798 g/mol. The molecule has 0 aromatic heterocycles. The van der Waals surface area contributed by atoms with Crippen LogP contribution in [0.25, 0.3) is 0 Å². The van der Waals surface area contributed by atoms with Crippen molar-refractivity contribution in [2.24, 2.45) is 0 Å². The number of hydrogen-bond acceptors (Lipinski definition) is 5. The Hall–Kier alpha value is -1.22. The van der Waals surface area contributed by atoms with Crippen molar-refractivity contribution in [3.63, 3.8) is 0 Å². The molecule has 4 N–H and O–H groups in total. The lowest BCUT2D eigenvalue weighted by Crippen LogP contribution is -2.50. The van der Waals surface area contributed by atoms with Gasteiger partial charge >= 0.3 is 0 Å². The molecule has 0 aromatic carbocycles. The fourth-order valence-electron chi connectivity index (χ4n) is 7.33. The van der Waals surface area contributed by atoms with Crippen LogP contribution in [-0.4, -0.2) is 53.1 Å². The van der Waals surface area contributed by atoms with E-state index in [-0.39, 0.29) is 6.42 Å². The second-order valence-corrected chi connectivity index (χ2v) is 18.0. The van der Waals surface area contributed by atoms with Crippen LogP contribution in [-0.2, 0) is 14.9 Å². The van der Waals surface area contributed by atoms with E-state index in [1.807, 2.05) is 6.08 Å². The Balaban J connectivity index is 3.95. The molecule has 0 heterocycles.